The first-order chi connectivity index (χ1) is 11.9. The van der Waals surface area contributed by atoms with Crippen LogP contribution >= 0.6 is 15.9 Å². The molecule has 1 atom stereocenters. The first-order valence-corrected chi connectivity index (χ1v) is 8.43. The molecule has 0 saturated heterocycles. The zero-order valence-electron chi connectivity index (χ0n) is 15.2. The van der Waals surface area contributed by atoms with Gasteiger partial charge in [0.15, 0.2) is 17.3 Å². The molecular weight excluding hydrogens is 390 g/mol. The number of methoxy groups -OCH3 is 4. The predicted octanol–water partition coefficient (Wildman–Crippen LogP) is 3.36. The van der Waals surface area contributed by atoms with Gasteiger partial charge in [-0.1, -0.05) is 0 Å². The molecule has 7 heteroatoms. The molecule has 6 nitrogen and oxygen atoms in total. The average molecular weight is 412 g/mol. The first-order valence-electron chi connectivity index (χ1n) is 7.64. The summed E-state index contributed by atoms with van der Waals surface area (Å²) in [5, 5.41) is 0. The summed E-state index contributed by atoms with van der Waals surface area (Å²) in [6.45, 7) is 3.69. The highest BCUT2D eigenvalue weighted by Gasteiger charge is 2.55. The third-order valence-corrected chi connectivity index (χ3v) is 5.45. The van der Waals surface area contributed by atoms with Crippen molar-refractivity contribution in [3.8, 4) is 0 Å². The molecule has 0 fully saturated rings. The molecule has 0 aliphatic heterocycles. The molecule has 1 aromatic heterocycles. The number of carbonyl (C=O) groups is 1. The molecule has 0 spiro atoms. The second-order valence-electron chi connectivity index (χ2n) is 5.63. The van der Waals surface area contributed by atoms with Gasteiger partial charge in [-0.2, -0.15) is 0 Å². The number of ketones is 1. The summed E-state index contributed by atoms with van der Waals surface area (Å²) in [6.07, 6.45) is 3.20. The summed E-state index contributed by atoms with van der Waals surface area (Å²) < 4.78 is 23.0. The number of pyridine rings is 1. The van der Waals surface area contributed by atoms with E-state index in [1.165, 1.54) is 28.4 Å². The summed E-state index contributed by atoms with van der Waals surface area (Å²) in [4.78, 5) is 17.5. The van der Waals surface area contributed by atoms with Crippen LogP contribution in [0, 0.1) is 12.8 Å². The van der Waals surface area contributed by atoms with Gasteiger partial charge in [-0.25, -0.2) is 0 Å². The molecule has 1 aliphatic rings. The highest BCUT2D eigenvalue weighted by molar-refractivity contribution is 9.12. The number of ether oxygens (including phenoxy) is 4. The Labute approximate surface area is 155 Å². The van der Waals surface area contributed by atoms with Crippen LogP contribution in [0.4, 0.5) is 0 Å². The summed E-state index contributed by atoms with van der Waals surface area (Å²) in [7, 11) is 5.95. The van der Waals surface area contributed by atoms with Crippen molar-refractivity contribution in [2.45, 2.75) is 19.6 Å². The zero-order valence-corrected chi connectivity index (χ0v) is 16.8. The normalized spacial score (nSPS) is 19.9. The highest BCUT2D eigenvalue weighted by atomic mass is 79.9. The van der Waals surface area contributed by atoms with Crippen LogP contribution in [0.3, 0.4) is 0 Å². The number of carbonyl (C=O) groups excluding carboxylic acids is 1. The lowest BCUT2D eigenvalue weighted by atomic mass is 9.79. The summed E-state index contributed by atoms with van der Waals surface area (Å²) in [6, 6.07) is 1.79. The number of rotatable bonds is 6. The fraction of sp³-hybridized carbons (Fsp3) is 0.444. The molecule has 1 aliphatic carbocycles. The second-order valence-corrected chi connectivity index (χ2v) is 6.42. The van der Waals surface area contributed by atoms with E-state index in [-0.39, 0.29) is 11.5 Å². The minimum atomic E-state index is -1.44. The van der Waals surface area contributed by atoms with E-state index in [1.54, 1.807) is 18.5 Å². The standard InChI is InChI=1S/C18H22BrNO5/c1-10-7-8-20-9-12(10)15(21)13-11(2)14(19)16(22-3)17(23-4)18(13,24-5)25-6/h7-9,13H,1-6H3. The summed E-state index contributed by atoms with van der Waals surface area (Å²) in [5.41, 5.74) is 2.04. The predicted molar refractivity (Wildman–Crippen MR) is 96.2 cm³/mol. The number of nitrogens with zero attached hydrogens (tertiary/aromatic N) is 1. The van der Waals surface area contributed by atoms with Gasteiger partial charge in [0, 0.05) is 32.2 Å². The lowest BCUT2D eigenvalue weighted by Crippen LogP contribution is -2.51. The van der Waals surface area contributed by atoms with Crippen LogP contribution in [0.5, 0.6) is 0 Å². The number of aromatic nitrogens is 1. The molecule has 25 heavy (non-hydrogen) atoms. The maximum absolute atomic E-state index is 13.4. The van der Waals surface area contributed by atoms with Crippen molar-refractivity contribution >= 4 is 21.7 Å². The maximum Gasteiger partial charge on any atom is 0.245 e. The van der Waals surface area contributed by atoms with Crippen molar-refractivity contribution in [2.24, 2.45) is 5.92 Å². The van der Waals surface area contributed by atoms with Gasteiger partial charge in [-0.3, -0.25) is 9.78 Å². The van der Waals surface area contributed by atoms with Crippen LogP contribution in [-0.2, 0) is 18.9 Å². The Kier molecular flexibility index (Phi) is 6.03. The molecule has 136 valence electrons. The molecule has 0 radical (unpaired) electrons. The number of hydrogen-bond acceptors (Lipinski definition) is 6. The molecule has 0 bridgehead atoms. The molecule has 1 unspecified atom stereocenters. The summed E-state index contributed by atoms with van der Waals surface area (Å²) in [5.74, 6) is -1.67. The van der Waals surface area contributed by atoms with Crippen LogP contribution in [0.25, 0.3) is 0 Å². The maximum atomic E-state index is 13.4. The molecule has 0 N–H and O–H groups in total. The molecule has 0 saturated carbocycles. The number of hydrogen-bond donors (Lipinski definition) is 0. The van der Waals surface area contributed by atoms with E-state index in [1.807, 2.05) is 13.8 Å². The van der Waals surface area contributed by atoms with E-state index >= 15 is 0 Å². The van der Waals surface area contributed by atoms with Gasteiger partial charge >= 0.3 is 0 Å². The van der Waals surface area contributed by atoms with Gasteiger partial charge in [0.2, 0.25) is 5.79 Å². The minimum absolute atomic E-state index is 0.173. The van der Waals surface area contributed by atoms with Gasteiger partial charge in [-0.05, 0) is 47.0 Å². The van der Waals surface area contributed by atoms with Crippen LogP contribution in [0.1, 0.15) is 22.8 Å². The van der Waals surface area contributed by atoms with Gasteiger partial charge in [0.05, 0.1) is 18.7 Å². The van der Waals surface area contributed by atoms with Crippen molar-refractivity contribution in [2.75, 3.05) is 28.4 Å². The number of allylic oxidation sites excluding steroid dienone is 1. The Morgan fingerprint density at radius 1 is 1.16 bits per heavy atom. The Balaban J connectivity index is 2.73. The number of Topliss-reactive ketones (excluding diaryl/α,β-unsaturated/α-hetero) is 1. The minimum Gasteiger partial charge on any atom is -0.492 e. The Bertz CT molecular complexity index is 737. The van der Waals surface area contributed by atoms with Crippen molar-refractivity contribution < 1.29 is 23.7 Å². The SMILES string of the molecule is COC1=C(OC)C(OC)(OC)C(C(=O)c2cnccc2C)C(C)=C1Br. The first kappa shape index (κ1) is 19.6. The number of aryl methyl sites for hydroxylation is 1. The average Bonchev–Trinajstić information content (AvgIpc) is 2.63. The molecule has 2 rings (SSSR count). The van der Waals surface area contributed by atoms with Crippen molar-refractivity contribution in [1.29, 1.82) is 0 Å². The van der Waals surface area contributed by atoms with Gasteiger partial charge in [0.1, 0.15) is 5.92 Å². The fourth-order valence-corrected chi connectivity index (χ4v) is 3.72. The molecule has 1 heterocycles. The van der Waals surface area contributed by atoms with E-state index in [4.69, 9.17) is 18.9 Å². The third-order valence-electron chi connectivity index (χ3n) is 4.46. The lowest BCUT2D eigenvalue weighted by molar-refractivity contribution is -0.219. The van der Waals surface area contributed by atoms with Gasteiger partial charge in [-0.15, -0.1) is 0 Å². The zero-order chi connectivity index (χ0) is 18.8. The van der Waals surface area contributed by atoms with Crippen LogP contribution < -0.4 is 0 Å². The van der Waals surface area contributed by atoms with Crippen molar-refractivity contribution in [3.63, 3.8) is 0 Å². The fourth-order valence-electron chi connectivity index (χ4n) is 3.15. The molecular formula is C18H22BrNO5. The largest absolute Gasteiger partial charge is 0.492 e. The van der Waals surface area contributed by atoms with Crippen molar-refractivity contribution in [1.82, 2.24) is 4.98 Å². The topological polar surface area (TPSA) is 66.9 Å². The molecule has 0 amide bonds. The van der Waals surface area contributed by atoms with E-state index in [9.17, 15) is 4.79 Å². The van der Waals surface area contributed by atoms with Gasteiger partial charge < -0.3 is 18.9 Å². The smallest absolute Gasteiger partial charge is 0.245 e. The summed E-state index contributed by atoms with van der Waals surface area (Å²) >= 11 is 3.51. The molecule has 0 aromatic carbocycles. The van der Waals surface area contributed by atoms with E-state index < -0.39 is 11.7 Å². The van der Waals surface area contributed by atoms with Crippen molar-refractivity contribution in [3.05, 3.63) is 51.2 Å². The number of halogens is 1. The lowest BCUT2D eigenvalue weighted by Gasteiger charge is -2.42. The van der Waals surface area contributed by atoms with E-state index in [0.29, 0.717) is 15.8 Å². The highest BCUT2D eigenvalue weighted by Crippen LogP contribution is 2.47. The van der Waals surface area contributed by atoms with Crippen LogP contribution in [0.15, 0.2) is 40.0 Å². The third kappa shape index (κ3) is 3.01. The Morgan fingerprint density at radius 3 is 2.28 bits per heavy atom. The Hall–Kier alpha value is -1.70. The second kappa shape index (κ2) is 7.68. The van der Waals surface area contributed by atoms with Crippen LogP contribution in [0.2, 0.25) is 0 Å². The van der Waals surface area contributed by atoms with Crippen LogP contribution in [-0.4, -0.2) is 45.0 Å². The monoisotopic (exact) mass is 411 g/mol. The van der Waals surface area contributed by atoms with E-state index in [0.717, 1.165) is 11.1 Å². The van der Waals surface area contributed by atoms with Gasteiger partial charge in [0.25, 0.3) is 0 Å². The quantitative estimate of drug-likeness (QED) is 0.527. The Morgan fingerprint density at radius 2 is 1.80 bits per heavy atom. The van der Waals surface area contributed by atoms with E-state index in [2.05, 4.69) is 20.9 Å². The molecule has 1 aromatic rings.